The van der Waals surface area contributed by atoms with Crippen molar-refractivity contribution in [3.63, 3.8) is 0 Å². The smallest absolute Gasteiger partial charge is 0.296 e. The molecule has 1 aromatic carbocycles. The second-order valence-electron chi connectivity index (χ2n) is 5.79. The number of nitrogens with one attached hydrogen (secondary N) is 2. The van der Waals surface area contributed by atoms with Gasteiger partial charge in [0.05, 0.1) is 10.6 Å². The molecule has 0 saturated carbocycles. The van der Waals surface area contributed by atoms with Gasteiger partial charge in [-0.05, 0) is 18.2 Å². The van der Waals surface area contributed by atoms with E-state index in [4.69, 9.17) is 5.73 Å². The number of rotatable bonds is 5. The van der Waals surface area contributed by atoms with Crippen LogP contribution in [-0.4, -0.2) is 67.1 Å². The van der Waals surface area contributed by atoms with Gasteiger partial charge in [-0.15, -0.1) is 0 Å². The molecule has 0 atom stereocenters. The normalized spacial score (nSPS) is 15.4. The zero-order valence-corrected chi connectivity index (χ0v) is 15.9. The molecular weight excluding hydrogens is 414 g/mol. The van der Waals surface area contributed by atoms with Crippen molar-refractivity contribution in [2.45, 2.75) is 9.79 Å². The highest BCUT2D eigenvalue weighted by Gasteiger charge is 2.21. The molecule has 13 nitrogen and oxygen atoms in total. The molecule has 0 aliphatic carbocycles. The maximum atomic E-state index is 11.6. The van der Waals surface area contributed by atoms with Gasteiger partial charge in [0.2, 0.25) is 17.8 Å². The summed E-state index contributed by atoms with van der Waals surface area (Å²) in [6.45, 7) is 2.63. The van der Waals surface area contributed by atoms with E-state index in [1.54, 1.807) is 0 Å². The Morgan fingerprint density at radius 3 is 2.32 bits per heavy atom. The minimum atomic E-state index is -4.72. The molecule has 0 spiro atoms. The van der Waals surface area contributed by atoms with Crippen LogP contribution in [-0.2, 0) is 20.2 Å². The third kappa shape index (κ3) is 4.63. The predicted octanol–water partition coefficient (Wildman–Crippen LogP) is -0.900. The molecule has 1 fully saturated rings. The Morgan fingerprint density at radius 2 is 1.71 bits per heavy atom. The van der Waals surface area contributed by atoms with Crippen molar-refractivity contribution in [3.8, 4) is 0 Å². The van der Waals surface area contributed by atoms with Crippen molar-refractivity contribution in [1.29, 1.82) is 0 Å². The summed E-state index contributed by atoms with van der Waals surface area (Å²) in [6.07, 6.45) is 0. The predicted molar refractivity (Wildman–Crippen MR) is 98.7 cm³/mol. The van der Waals surface area contributed by atoms with E-state index in [1.807, 2.05) is 4.90 Å². The summed E-state index contributed by atoms with van der Waals surface area (Å²) in [5.41, 5.74) is 5.33. The van der Waals surface area contributed by atoms with E-state index < -0.39 is 30.0 Å². The van der Waals surface area contributed by atoms with Crippen LogP contribution in [0.1, 0.15) is 0 Å². The number of anilines is 4. The van der Waals surface area contributed by atoms with Gasteiger partial charge in [0.1, 0.15) is 4.90 Å². The minimum absolute atomic E-state index is 0.148. The number of hydrogen-bond donors (Lipinski definition) is 5. The van der Waals surface area contributed by atoms with Gasteiger partial charge in [-0.3, -0.25) is 9.11 Å². The first kappa shape index (κ1) is 20.2. The van der Waals surface area contributed by atoms with Crippen LogP contribution in [0, 0.1) is 0 Å². The van der Waals surface area contributed by atoms with E-state index in [2.05, 4.69) is 25.6 Å². The van der Waals surface area contributed by atoms with Crippen LogP contribution >= 0.6 is 0 Å². The summed E-state index contributed by atoms with van der Waals surface area (Å²) in [7, 11) is -9.34. The number of nitrogens with zero attached hydrogens (tertiary/aromatic N) is 4. The van der Waals surface area contributed by atoms with Gasteiger partial charge < -0.3 is 21.3 Å². The summed E-state index contributed by atoms with van der Waals surface area (Å²) in [6, 6.07) is 2.48. The molecule has 1 aliphatic heterocycles. The van der Waals surface area contributed by atoms with E-state index in [1.165, 1.54) is 0 Å². The molecule has 0 radical (unpaired) electrons. The van der Waals surface area contributed by atoms with Crippen LogP contribution in [0.15, 0.2) is 28.0 Å². The topological polar surface area (TPSA) is 201 Å². The number of piperazine rings is 1. The van der Waals surface area contributed by atoms with Crippen LogP contribution in [0.4, 0.5) is 23.5 Å². The summed E-state index contributed by atoms with van der Waals surface area (Å²) in [4.78, 5) is 12.7. The van der Waals surface area contributed by atoms with Crippen molar-refractivity contribution in [1.82, 2.24) is 20.3 Å². The SMILES string of the molecule is Nc1nc(Nc2cc(S(=O)(=O)O)ccc2S(=O)(=O)O)nc(N2CCNCC2)n1. The lowest BCUT2D eigenvalue weighted by Crippen LogP contribution is -2.44. The summed E-state index contributed by atoms with van der Waals surface area (Å²) >= 11 is 0. The molecule has 0 unspecified atom stereocenters. The molecule has 3 rings (SSSR count). The number of hydrogen-bond acceptors (Lipinski definition) is 11. The van der Waals surface area contributed by atoms with E-state index in [0.717, 1.165) is 18.2 Å². The number of aromatic nitrogens is 3. The first-order valence-electron chi connectivity index (χ1n) is 7.87. The van der Waals surface area contributed by atoms with Gasteiger partial charge in [-0.25, -0.2) is 0 Å². The Morgan fingerprint density at radius 1 is 1.04 bits per heavy atom. The molecule has 0 bridgehead atoms. The van der Waals surface area contributed by atoms with Crippen molar-refractivity contribution in [3.05, 3.63) is 18.2 Å². The molecule has 6 N–H and O–H groups in total. The maximum absolute atomic E-state index is 11.6. The molecule has 2 aromatic rings. The Kier molecular flexibility index (Phi) is 5.35. The Labute approximate surface area is 160 Å². The average molecular weight is 431 g/mol. The lowest BCUT2D eigenvalue weighted by atomic mass is 10.3. The van der Waals surface area contributed by atoms with E-state index >= 15 is 0 Å². The Hall–Kier alpha value is -2.59. The molecule has 152 valence electrons. The van der Waals surface area contributed by atoms with Crippen molar-refractivity contribution >= 4 is 43.8 Å². The molecule has 2 heterocycles. The van der Waals surface area contributed by atoms with Crippen molar-refractivity contribution in [2.24, 2.45) is 0 Å². The Bertz CT molecular complexity index is 1100. The van der Waals surface area contributed by atoms with Gasteiger partial charge in [-0.2, -0.15) is 31.8 Å². The quantitative estimate of drug-likeness (QED) is 0.365. The van der Waals surface area contributed by atoms with E-state index in [-0.39, 0.29) is 23.5 Å². The zero-order valence-electron chi connectivity index (χ0n) is 14.3. The summed E-state index contributed by atoms with van der Waals surface area (Å²) < 4.78 is 64.5. The summed E-state index contributed by atoms with van der Waals surface area (Å²) in [5.74, 6) is -0.0698. The molecule has 1 aromatic heterocycles. The first-order chi connectivity index (χ1) is 13.0. The summed E-state index contributed by atoms with van der Waals surface area (Å²) in [5, 5.41) is 5.68. The lowest BCUT2D eigenvalue weighted by Gasteiger charge is -2.27. The molecule has 28 heavy (non-hydrogen) atoms. The molecule has 1 saturated heterocycles. The van der Waals surface area contributed by atoms with E-state index in [9.17, 15) is 25.9 Å². The maximum Gasteiger partial charge on any atom is 0.296 e. The highest BCUT2D eigenvalue weighted by Crippen LogP contribution is 2.27. The second-order valence-corrected chi connectivity index (χ2v) is 8.60. The Balaban J connectivity index is 2.04. The fourth-order valence-corrected chi connectivity index (χ4v) is 3.69. The van der Waals surface area contributed by atoms with E-state index in [0.29, 0.717) is 26.2 Å². The molecule has 0 amide bonds. The van der Waals surface area contributed by atoms with Crippen LogP contribution in [0.2, 0.25) is 0 Å². The zero-order chi connectivity index (χ0) is 20.5. The van der Waals surface area contributed by atoms with Gasteiger partial charge in [-0.1, -0.05) is 0 Å². The minimum Gasteiger partial charge on any atom is -0.368 e. The third-order valence-corrected chi connectivity index (χ3v) is 5.58. The standard InChI is InChI=1S/C13H17N7O6S2/c14-11-17-12(19-13(18-11)20-5-3-15-4-6-20)16-9-7-8(27(21,22)23)1-2-10(9)28(24,25)26/h1-2,7,15H,3-6H2,(H,21,22,23)(H,24,25,26)(H3,14,16,17,18,19). The average Bonchev–Trinajstić information content (AvgIpc) is 2.60. The van der Waals surface area contributed by atoms with Crippen LogP contribution in [0.25, 0.3) is 0 Å². The number of nitrogens with two attached hydrogens (primary N) is 1. The van der Waals surface area contributed by atoms with Crippen molar-refractivity contribution < 1.29 is 25.9 Å². The lowest BCUT2D eigenvalue weighted by molar-refractivity contribution is 0.479. The van der Waals surface area contributed by atoms with Crippen LogP contribution < -0.4 is 21.3 Å². The third-order valence-electron chi connectivity index (χ3n) is 3.81. The fraction of sp³-hybridized carbons (Fsp3) is 0.308. The molecular formula is C13H17N7O6S2. The monoisotopic (exact) mass is 431 g/mol. The molecule has 15 heteroatoms. The second kappa shape index (κ2) is 7.44. The largest absolute Gasteiger partial charge is 0.368 e. The number of nitrogen functional groups attached to an aromatic ring is 1. The highest BCUT2D eigenvalue weighted by molar-refractivity contribution is 7.86. The van der Waals surface area contributed by atoms with Crippen LogP contribution in [0.3, 0.4) is 0 Å². The number of benzene rings is 1. The van der Waals surface area contributed by atoms with Gasteiger partial charge in [0.25, 0.3) is 20.2 Å². The van der Waals surface area contributed by atoms with Gasteiger partial charge in [0, 0.05) is 26.2 Å². The van der Waals surface area contributed by atoms with Crippen LogP contribution in [0.5, 0.6) is 0 Å². The molecule has 1 aliphatic rings. The highest BCUT2D eigenvalue weighted by atomic mass is 32.2. The van der Waals surface area contributed by atoms with Gasteiger partial charge >= 0.3 is 0 Å². The first-order valence-corrected chi connectivity index (χ1v) is 10.8. The van der Waals surface area contributed by atoms with Gasteiger partial charge in [0.15, 0.2) is 0 Å². The fourth-order valence-electron chi connectivity index (χ4n) is 2.56. The van der Waals surface area contributed by atoms with Crippen molar-refractivity contribution in [2.75, 3.05) is 42.1 Å².